The van der Waals surface area contributed by atoms with E-state index in [0.717, 1.165) is 18.5 Å². The van der Waals surface area contributed by atoms with E-state index < -0.39 is 6.10 Å². The standard InChI is InChI=1S/C15H19NO3/c17-14(12-7-8-19-10-12)9-16-13-4-2-1-3-11(13)5-6-15(16)18/h1-4,12,14,17H,5-10H2. The molecule has 1 aromatic carbocycles. The van der Waals surface area contributed by atoms with Crippen LogP contribution in [0.15, 0.2) is 24.3 Å². The Bertz CT molecular complexity index is 468. The first-order chi connectivity index (χ1) is 9.25. The topological polar surface area (TPSA) is 49.8 Å². The number of nitrogens with zero attached hydrogens (tertiary/aromatic N) is 1. The Labute approximate surface area is 113 Å². The molecule has 1 N–H and O–H groups in total. The van der Waals surface area contributed by atoms with Gasteiger partial charge in [-0.25, -0.2) is 0 Å². The van der Waals surface area contributed by atoms with Crippen LogP contribution in [-0.2, 0) is 16.0 Å². The van der Waals surface area contributed by atoms with Gasteiger partial charge in [-0.3, -0.25) is 4.79 Å². The van der Waals surface area contributed by atoms with E-state index in [2.05, 4.69) is 6.07 Å². The minimum absolute atomic E-state index is 0.108. The van der Waals surface area contributed by atoms with Crippen molar-refractivity contribution >= 4 is 11.6 Å². The molecule has 0 radical (unpaired) electrons. The first kappa shape index (κ1) is 12.6. The second kappa shape index (κ2) is 5.31. The molecule has 19 heavy (non-hydrogen) atoms. The van der Waals surface area contributed by atoms with E-state index in [9.17, 15) is 9.90 Å². The highest BCUT2D eigenvalue weighted by molar-refractivity contribution is 5.96. The lowest BCUT2D eigenvalue weighted by molar-refractivity contribution is -0.119. The second-order valence-electron chi connectivity index (χ2n) is 5.32. The van der Waals surface area contributed by atoms with E-state index in [1.807, 2.05) is 18.2 Å². The molecule has 0 spiro atoms. The van der Waals surface area contributed by atoms with Gasteiger partial charge in [-0.1, -0.05) is 18.2 Å². The molecule has 2 unspecified atom stereocenters. The lowest BCUT2D eigenvalue weighted by atomic mass is 9.97. The summed E-state index contributed by atoms with van der Waals surface area (Å²) in [5.74, 6) is 0.263. The van der Waals surface area contributed by atoms with Crippen LogP contribution < -0.4 is 4.90 Å². The summed E-state index contributed by atoms with van der Waals surface area (Å²) in [6.45, 7) is 1.70. The number of carbonyl (C=O) groups excluding carboxylic acids is 1. The number of para-hydroxylation sites is 1. The maximum atomic E-state index is 12.1. The van der Waals surface area contributed by atoms with Crippen molar-refractivity contribution in [1.82, 2.24) is 0 Å². The molecule has 2 atom stereocenters. The normalized spacial score (nSPS) is 24.4. The molecular weight excluding hydrogens is 242 g/mol. The van der Waals surface area contributed by atoms with Gasteiger partial charge in [0.05, 0.1) is 19.3 Å². The van der Waals surface area contributed by atoms with Crippen LogP contribution in [0.2, 0.25) is 0 Å². The minimum atomic E-state index is -0.502. The third-order valence-electron chi connectivity index (χ3n) is 4.07. The first-order valence-corrected chi connectivity index (χ1v) is 6.90. The molecule has 0 aromatic heterocycles. The first-order valence-electron chi connectivity index (χ1n) is 6.90. The van der Waals surface area contributed by atoms with E-state index in [-0.39, 0.29) is 11.8 Å². The summed E-state index contributed by atoms with van der Waals surface area (Å²) < 4.78 is 5.30. The predicted octanol–water partition coefficient (Wildman–Crippen LogP) is 1.36. The SMILES string of the molecule is O=C1CCc2ccccc2N1CC(O)C1CCOC1. The fourth-order valence-corrected chi connectivity index (χ4v) is 2.89. The number of aliphatic hydroxyl groups excluding tert-OH is 1. The largest absolute Gasteiger partial charge is 0.391 e. The van der Waals surface area contributed by atoms with Crippen LogP contribution in [0.5, 0.6) is 0 Å². The van der Waals surface area contributed by atoms with Gasteiger partial charge >= 0.3 is 0 Å². The van der Waals surface area contributed by atoms with Crippen molar-refractivity contribution < 1.29 is 14.6 Å². The number of fused-ring (bicyclic) bond motifs is 1. The van der Waals surface area contributed by atoms with E-state index in [1.165, 1.54) is 5.56 Å². The van der Waals surface area contributed by atoms with Gasteiger partial charge in [-0.15, -0.1) is 0 Å². The summed E-state index contributed by atoms with van der Waals surface area (Å²) in [6.07, 6.45) is 1.71. The number of rotatable bonds is 3. The Morgan fingerprint density at radius 1 is 1.37 bits per heavy atom. The number of aliphatic hydroxyl groups is 1. The van der Waals surface area contributed by atoms with Gasteiger partial charge < -0.3 is 14.7 Å². The fraction of sp³-hybridized carbons (Fsp3) is 0.533. The molecule has 2 heterocycles. The molecule has 1 aromatic rings. The van der Waals surface area contributed by atoms with Crippen molar-refractivity contribution in [3.63, 3.8) is 0 Å². The Kier molecular flexibility index (Phi) is 3.53. The van der Waals surface area contributed by atoms with E-state index >= 15 is 0 Å². The zero-order valence-corrected chi connectivity index (χ0v) is 10.9. The number of amides is 1. The molecular formula is C15H19NO3. The van der Waals surface area contributed by atoms with Crippen LogP contribution in [0.4, 0.5) is 5.69 Å². The van der Waals surface area contributed by atoms with Crippen molar-refractivity contribution in [2.45, 2.75) is 25.4 Å². The number of carbonyl (C=O) groups is 1. The molecule has 1 saturated heterocycles. The van der Waals surface area contributed by atoms with Crippen LogP contribution in [0, 0.1) is 5.92 Å². The third-order valence-corrected chi connectivity index (χ3v) is 4.07. The molecule has 2 aliphatic heterocycles. The smallest absolute Gasteiger partial charge is 0.227 e. The van der Waals surface area contributed by atoms with Crippen LogP contribution in [0.3, 0.4) is 0 Å². The number of ether oxygens (including phenoxy) is 1. The quantitative estimate of drug-likeness (QED) is 0.894. The maximum Gasteiger partial charge on any atom is 0.227 e. The highest BCUT2D eigenvalue weighted by atomic mass is 16.5. The average molecular weight is 261 g/mol. The summed E-state index contributed by atoms with van der Waals surface area (Å²) in [7, 11) is 0. The number of aryl methyl sites for hydroxylation is 1. The molecule has 0 saturated carbocycles. The Morgan fingerprint density at radius 3 is 3.00 bits per heavy atom. The van der Waals surface area contributed by atoms with Gasteiger partial charge in [-0.2, -0.15) is 0 Å². The lowest BCUT2D eigenvalue weighted by Crippen LogP contribution is -2.43. The Balaban J connectivity index is 1.77. The van der Waals surface area contributed by atoms with Gasteiger partial charge in [0.25, 0.3) is 0 Å². The summed E-state index contributed by atoms with van der Waals surface area (Å²) in [4.78, 5) is 13.8. The highest BCUT2D eigenvalue weighted by Crippen LogP contribution is 2.29. The number of hydrogen-bond donors (Lipinski definition) is 1. The van der Waals surface area contributed by atoms with E-state index in [1.54, 1.807) is 4.90 Å². The molecule has 0 aliphatic carbocycles. The fourth-order valence-electron chi connectivity index (χ4n) is 2.89. The van der Waals surface area contributed by atoms with Gasteiger partial charge in [0.1, 0.15) is 0 Å². The van der Waals surface area contributed by atoms with Gasteiger partial charge in [0.15, 0.2) is 0 Å². The Hall–Kier alpha value is -1.39. The summed E-state index contributed by atoms with van der Waals surface area (Å²) in [6, 6.07) is 7.95. The molecule has 3 rings (SSSR count). The van der Waals surface area contributed by atoms with Crippen LogP contribution in [-0.4, -0.2) is 36.9 Å². The maximum absolute atomic E-state index is 12.1. The van der Waals surface area contributed by atoms with Gasteiger partial charge in [0, 0.05) is 24.6 Å². The number of β-amino-alcohol motifs (C(OH)–C–C–N with tert-alkyl or cyclic N) is 1. The molecule has 1 amide bonds. The molecule has 2 aliphatic rings. The number of anilines is 1. The molecule has 4 nitrogen and oxygen atoms in total. The van der Waals surface area contributed by atoms with Crippen molar-refractivity contribution in [2.24, 2.45) is 5.92 Å². The van der Waals surface area contributed by atoms with Crippen molar-refractivity contribution in [2.75, 3.05) is 24.7 Å². The zero-order valence-electron chi connectivity index (χ0n) is 10.9. The monoisotopic (exact) mass is 261 g/mol. The van der Waals surface area contributed by atoms with Gasteiger partial charge in [0.2, 0.25) is 5.91 Å². The molecule has 0 bridgehead atoms. The van der Waals surface area contributed by atoms with Crippen molar-refractivity contribution in [1.29, 1.82) is 0 Å². The van der Waals surface area contributed by atoms with Crippen LogP contribution in [0.25, 0.3) is 0 Å². The highest BCUT2D eigenvalue weighted by Gasteiger charge is 2.30. The van der Waals surface area contributed by atoms with E-state index in [0.29, 0.717) is 26.2 Å². The predicted molar refractivity (Wildman–Crippen MR) is 72.0 cm³/mol. The second-order valence-corrected chi connectivity index (χ2v) is 5.32. The third kappa shape index (κ3) is 2.51. The zero-order chi connectivity index (χ0) is 13.2. The Morgan fingerprint density at radius 2 is 2.21 bits per heavy atom. The molecule has 102 valence electrons. The average Bonchev–Trinajstić information content (AvgIpc) is 2.96. The minimum Gasteiger partial charge on any atom is -0.391 e. The molecule has 4 heteroatoms. The summed E-state index contributed by atoms with van der Waals surface area (Å²) in [5.41, 5.74) is 2.15. The van der Waals surface area contributed by atoms with Crippen molar-refractivity contribution in [3.8, 4) is 0 Å². The number of benzene rings is 1. The molecule has 1 fully saturated rings. The summed E-state index contributed by atoms with van der Waals surface area (Å²) >= 11 is 0. The summed E-state index contributed by atoms with van der Waals surface area (Å²) in [5, 5.41) is 10.3. The number of hydrogen-bond acceptors (Lipinski definition) is 3. The van der Waals surface area contributed by atoms with Crippen molar-refractivity contribution in [3.05, 3.63) is 29.8 Å². The van der Waals surface area contributed by atoms with E-state index in [4.69, 9.17) is 4.74 Å². The van der Waals surface area contributed by atoms with Crippen LogP contribution in [0.1, 0.15) is 18.4 Å². The van der Waals surface area contributed by atoms with Gasteiger partial charge in [-0.05, 0) is 24.5 Å². The van der Waals surface area contributed by atoms with Crippen LogP contribution >= 0.6 is 0 Å². The lowest BCUT2D eigenvalue weighted by Gasteiger charge is -2.32.